The molecule has 1 atom stereocenters. The van der Waals surface area contributed by atoms with Gasteiger partial charge in [-0.25, -0.2) is 13.8 Å². The van der Waals surface area contributed by atoms with E-state index >= 15 is 0 Å². The highest BCUT2D eigenvalue weighted by molar-refractivity contribution is 5.99. The molecule has 34 heavy (non-hydrogen) atoms. The largest absolute Gasteiger partial charge is 0.383 e. The fraction of sp³-hybridized carbons (Fsp3) is 0.208. The van der Waals surface area contributed by atoms with Crippen molar-refractivity contribution in [2.24, 2.45) is 0 Å². The number of carbonyl (C=O) groups is 2. The van der Waals surface area contributed by atoms with Gasteiger partial charge in [0.1, 0.15) is 17.5 Å². The summed E-state index contributed by atoms with van der Waals surface area (Å²) in [6, 6.07) is 9.00. The zero-order chi connectivity index (χ0) is 24.8. The molecule has 8 nitrogen and oxygen atoms in total. The van der Waals surface area contributed by atoms with Gasteiger partial charge in [0.05, 0.1) is 12.2 Å². The number of aliphatic hydroxyl groups excluding tert-OH is 1. The molecular formula is C24H24F2N4O4. The summed E-state index contributed by atoms with van der Waals surface area (Å²) in [5.74, 6) is -2.94. The molecule has 0 unspecified atom stereocenters. The second-order valence-corrected chi connectivity index (χ2v) is 7.53. The Morgan fingerprint density at radius 2 is 1.85 bits per heavy atom. The number of hydrogen-bond acceptors (Lipinski definition) is 6. The van der Waals surface area contributed by atoms with Crippen molar-refractivity contribution in [1.82, 2.24) is 10.3 Å². The van der Waals surface area contributed by atoms with Gasteiger partial charge >= 0.3 is 0 Å². The third kappa shape index (κ3) is 5.91. The molecule has 0 aliphatic carbocycles. The molecule has 10 heteroatoms. The maximum absolute atomic E-state index is 13.4. The molecule has 0 radical (unpaired) electrons. The van der Waals surface area contributed by atoms with Gasteiger partial charge in [-0.2, -0.15) is 0 Å². The van der Waals surface area contributed by atoms with Gasteiger partial charge in [0.25, 0.3) is 11.8 Å². The van der Waals surface area contributed by atoms with Gasteiger partial charge in [-0.1, -0.05) is 6.07 Å². The summed E-state index contributed by atoms with van der Waals surface area (Å²) in [5.41, 5.74) is 8.36. The number of anilines is 2. The Morgan fingerprint density at radius 3 is 2.50 bits per heavy atom. The molecule has 1 aromatic heterocycles. The monoisotopic (exact) mass is 470 g/mol. The molecule has 2 amide bonds. The maximum atomic E-state index is 13.4. The predicted octanol–water partition coefficient (Wildman–Crippen LogP) is 2.97. The summed E-state index contributed by atoms with van der Waals surface area (Å²) in [6.07, 6.45) is -0.227. The van der Waals surface area contributed by atoms with Crippen LogP contribution in [0.2, 0.25) is 0 Å². The van der Waals surface area contributed by atoms with E-state index in [-0.39, 0.29) is 22.9 Å². The molecule has 0 bridgehead atoms. The number of halogens is 2. The molecule has 2 aromatic carbocycles. The number of amides is 2. The third-order valence-corrected chi connectivity index (χ3v) is 5.01. The predicted molar refractivity (Wildman–Crippen MR) is 123 cm³/mol. The lowest BCUT2D eigenvalue weighted by atomic mass is 9.99. The molecule has 0 spiro atoms. The number of nitrogen functional groups attached to an aromatic ring is 1. The number of aryl methyl sites for hydroxylation is 1. The lowest BCUT2D eigenvalue weighted by Crippen LogP contribution is -2.28. The van der Waals surface area contributed by atoms with E-state index in [2.05, 4.69) is 15.6 Å². The van der Waals surface area contributed by atoms with Crippen LogP contribution in [0.15, 0.2) is 48.7 Å². The van der Waals surface area contributed by atoms with Gasteiger partial charge in [0.15, 0.2) is 6.10 Å². The van der Waals surface area contributed by atoms with Crippen LogP contribution in [0.25, 0.3) is 11.1 Å². The minimum Gasteiger partial charge on any atom is -0.383 e. The molecule has 3 aromatic rings. The Bertz CT molecular complexity index is 1200. The van der Waals surface area contributed by atoms with Gasteiger partial charge < -0.3 is 26.2 Å². The average Bonchev–Trinajstić information content (AvgIpc) is 2.78. The first-order chi connectivity index (χ1) is 16.2. The molecule has 5 N–H and O–H groups in total. The van der Waals surface area contributed by atoms with Crippen LogP contribution in [0.5, 0.6) is 0 Å². The van der Waals surface area contributed by atoms with E-state index in [1.54, 1.807) is 31.2 Å². The molecule has 0 saturated carbocycles. The van der Waals surface area contributed by atoms with E-state index in [0.717, 1.165) is 23.3 Å². The van der Waals surface area contributed by atoms with E-state index in [9.17, 15) is 23.5 Å². The molecule has 0 saturated heterocycles. The van der Waals surface area contributed by atoms with E-state index < -0.39 is 23.6 Å². The minimum absolute atomic E-state index is 0.0861. The zero-order valence-corrected chi connectivity index (χ0v) is 18.6. The molecule has 0 aliphatic rings. The molecule has 3 rings (SSSR count). The smallest absolute Gasteiger partial charge is 0.257 e. The number of carbonyl (C=O) groups excluding carboxylic acids is 2. The van der Waals surface area contributed by atoms with Crippen molar-refractivity contribution in [3.8, 4) is 11.1 Å². The highest BCUT2D eigenvalue weighted by Crippen LogP contribution is 2.28. The van der Waals surface area contributed by atoms with Crippen LogP contribution in [0.4, 0.5) is 20.3 Å². The number of ether oxygens (including phenoxy) is 1. The Balaban J connectivity index is 1.78. The van der Waals surface area contributed by atoms with Crippen molar-refractivity contribution < 1.29 is 28.2 Å². The normalized spacial score (nSPS) is 11.7. The number of benzene rings is 2. The first kappa shape index (κ1) is 24.7. The van der Waals surface area contributed by atoms with Crippen LogP contribution in [0.1, 0.15) is 27.6 Å². The van der Waals surface area contributed by atoms with Crippen molar-refractivity contribution in [1.29, 1.82) is 0 Å². The highest BCUT2D eigenvalue weighted by atomic mass is 19.1. The SMILES string of the molecule is COCCNC(=O)c1cc(-c2ccc(NC(=O)[C@H](O)c3cc(F)cc(F)c3)cc2C)cnc1N. The fourth-order valence-corrected chi connectivity index (χ4v) is 3.33. The summed E-state index contributed by atoms with van der Waals surface area (Å²) < 4.78 is 31.7. The third-order valence-electron chi connectivity index (χ3n) is 5.01. The fourth-order valence-electron chi connectivity index (χ4n) is 3.33. The van der Waals surface area contributed by atoms with Crippen molar-refractivity contribution in [3.05, 3.63) is 77.0 Å². The van der Waals surface area contributed by atoms with Crippen LogP contribution in [-0.2, 0) is 9.53 Å². The Hall–Kier alpha value is -3.89. The number of pyridine rings is 1. The van der Waals surface area contributed by atoms with Gasteiger partial charge in [-0.15, -0.1) is 0 Å². The van der Waals surface area contributed by atoms with E-state index in [0.29, 0.717) is 30.5 Å². The van der Waals surface area contributed by atoms with Gasteiger partial charge in [-0.05, 0) is 53.9 Å². The van der Waals surface area contributed by atoms with Crippen LogP contribution < -0.4 is 16.4 Å². The van der Waals surface area contributed by atoms with E-state index in [1.807, 2.05) is 0 Å². The topological polar surface area (TPSA) is 127 Å². The van der Waals surface area contributed by atoms with Crippen LogP contribution in [-0.4, -0.2) is 42.2 Å². The number of hydrogen-bond donors (Lipinski definition) is 4. The Labute approximate surface area is 194 Å². The first-order valence-electron chi connectivity index (χ1n) is 10.3. The van der Waals surface area contributed by atoms with Gasteiger partial charge in [0.2, 0.25) is 0 Å². The minimum atomic E-state index is -1.76. The number of methoxy groups -OCH3 is 1. The Kier molecular flexibility index (Phi) is 7.87. The lowest BCUT2D eigenvalue weighted by Gasteiger charge is -2.14. The number of nitrogens with two attached hydrogens (primary N) is 1. The van der Waals surface area contributed by atoms with Crippen molar-refractivity contribution in [2.75, 3.05) is 31.3 Å². The summed E-state index contributed by atoms with van der Waals surface area (Å²) >= 11 is 0. The summed E-state index contributed by atoms with van der Waals surface area (Å²) in [4.78, 5) is 28.9. The number of nitrogens with zero attached hydrogens (tertiary/aromatic N) is 1. The molecular weight excluding hydrogens is 446 g/mol. The first-order valence-corrected chi connectivity index (χ1v) is 10.3. The summed E-state index contributed by atoms with van der Waals surface area (Å²) in [5, 5.41) is 15.4. The second kappa shape index (κ2) is 10.8. The van der Waals surface area contributed by atoms with Gasteiger partial charge in [-0.3, -0.25) is 9.59 Å². The van der Waals surface area contributed by atoms with E-state index in [4.69, 9.17) is 10.5 Å². The van der Waals surface area contributed by atoms with E-state index in [1.165, 1.54) is 13.3 Å². The highest BCUT2D eigenvalue weighted by Gasteiger charge is 2.20. The van der Waals surface area contributed by atoms with Crippen molar-refractivity contribution in [3.63, 3.8) is 0 Å². The quantitative estimate of drug-likeness (QED) is 0.375. The summed E-state index contributed by atoms with van der Waals surface area (Å²) in [6.45, 7) is 2.46. The van der Waals surface area contributed by atoms with Crippen molar-refractivity contribution in [2.45, 2.75) is 13.0 Å². The zero-order valence-electron chi connectivity index (χ0n) is 18.6. The lowest BCUT2D eigenvalue weighted by molar-refractivity contribution is -0.124. The number of aromatic nitrogens is 1. The number of aliphatic hydroxyl groups is 1. The molecule has 178 valence electrons. The number of rotatable bonds is 8. The maximum Gasteiger partial charge on any atom is 0.257 e. The van der Waals surface area contributed by atoms with Crippen LogP contribution in [0.3, 0.4) is 0 Å². The second-order valence-electron chi connectivity index (χ2n) is 7.53. The van der Waals surface area contributed by atoms with Gasteiger partial charge in [0, 0.05) is 37.2 Å². The van der Waals surface area contributed by atoms with Crippen LogP contribution >= 0.6 is 0 Å². The molecule has 0 aliphatic heterocycles. The number of nitrogens with one attached hydrogen (secondary N) is 2. The molecule has 1 heterocycles. The molecule has 0 fully saturated rings. The Morgan fingerprint density at radius 1 is 1.15 bits per heavy atom. The standard InChI is InChI=1S/C24H24F2N4O4/c1-13-7-18(30-24(33)21(31)14-8-16(25)11-17(26)9-14)3-4-19(13)15-10-20(22(27)29-12-15)23(32)28-5-6-34-2/h3-4,7-12,21,31H,5-6H2,1-2H3,(H2,27,29)(H,28,32)(H,30,33)/t21-/m1/s1. The van der Waals surface area contributed by atoms with Crippen molar-refractivity contribution >= 4 is 23.3 Å². The summed E-state index contributed by atoms with van der Waals surface area (Å²) in [7, 11) is 1.53. The van der Waals surface area contributed by atoms with Crippen LogP contribution in [0, 0.1) is 18.6 Å². The average molecular weight is 470 g/mol.